The summed E-state index contributed by atoms with van der Waals surface area (Å²) in [5, 5.41) is 3.36. The number of ether oxygens (including phenoxy) is 2. The SMILES string of the molecule is CCCNCC/C=C/c1c(OC)cccc1OC. The maximum absolute atomic E-state index is 5.34. The second-order valence-electron chi connectivity index (χ2n) is 4.02. The molecule has 0 fully saturated rings. The van der Waals surface area contributed by atoms with E-state index in [0.29, 0.717) is 0 Å². The van der Waals surface area contributed by atoms with Gasteiger partial charge >= 0.3 is 0 Å². The highest BCUT2D eigenvalue weighted by Crippen LogP contribution is 2.29. The lowest BCUT2D eigenvalue weighted by Gasteiger charge is -2.09. The Bertz CT molecular complexity index is 353. The van der Waals surface area contributed by atoms with Crippen LogP contribution in [0.25, 0.3) is 6.08 Å². The van der Waals surface area contributed by atoms with Gasteiger partial charge in [0, 0.05) is 0 Å². The molecule has 0 bridgehead atoms. The van der Waals surface area contributed by atoms with Crippen molar-refractivity contribution >= 4 is 6.08 Å². The van der Waals surface area contributed by atoms with E-state index in [-0.39, 0.29) is 0 Å². The Morgan fingerprint density at radius 2 is 1.78 bits per heavy atom. The third kappa shape index (κ3) is 4.41. The average molecular weight is 249 g/mol. The van der Waals surface area contributed by atoms with Crippen molar-refractivity contribution in [3.63, 3.8) is 0 Å². The predicted octanol–water partition coefficient (Wildman–Crippen LogP) is 3.11. The van der Waals surface area contributed by atoms with Gasteiger partial charge in [0.05, 0.1) is 19.8 Å². The Hall–Kier alpha value is -1.48. The Morgan fingerprint density at radius 1 is 1.11 bits per heavy atom. The highest BCUT2D eigenvalue weighted by atomic mass is 16.5. The Balaban J connectivity index is 2.61. The fraction of sp³-hybridized carbons (Fsp3) is 0.467. The molecule has 0 aromatic heterocycles. The summed E-state index contributed by atoms with van der Waals surface area (Å²) in [5.41, 5.74) is 0.998. The molecule has 100 valence electrons. The molecule has 1 rings (SSSR count). The molecule has 0 aliphatic carbocycles. The monoisotopic (exact) mass is 249 g/mol. The molecule has 0 radical (unpaired) electrons. The summed E-state index contributed by atoms with van der Waals surface area (Å²) in [7, 11) is 3.35. The molecule has 0 heterocycles. The number of hydrogen-bond donors (Lipinski definition) is 1. The van der Waals surface area contributed by atoms with Gasteiger partial charge in [0.15, 0.2) is 0 Å². The molecule has 1 N–H and O–H groups in total. The minimum absolute atomic E-state index is 0.840. The summed E-state index contributed by atoms with van der Waals surface area (Å²) in [6.45, 7) is 4.25. The zero-order chi connectivity index (χ0) is 13.2. The summed E-state index contributed by atoms with van der Waals surface area (Å²) in [5.74, 6) is 1.68. The Labute approximate surface area is 110 Å². The van der Waals surface area contributed by atoms with Gasteiger partial charge in [0.2, 0.25) is 0 Å². The van der Waals surface area contributed by atoms with Crippen LogP contribution in [0.1, 0.15) is 25.3 Å². The van der Waals surface area contributed by atoms with Crippen molar-refractivity contribution in [2.45, 2.75) is 19.8 Å². The minimum atomic E-state index is 0.840. The van der Waals surface area contributed by atoms with Crippen LogP contribution in [0.4, 0.5) is 0 Å². The molecule has 0 spiro atoms. The topological polar surface area (TPSA) is 30.5 Å². The van der Waals surface area contributed by atoms with E-state index in [1.807, 2.05) is 18.2 Å². The largest absolute Gasteiger partial charge is 0.496 e. The predicted molar refractivity (Wildman–Crippen MR) is 76.4 cm³/mol. The van der Waals surface area contributed by atoms with E-state index in [0.717, 1.165) is 36.6 Å². The van der Waals surface area contributed by atoms with Gasteiger partial charge in [-0.3, -0.25) is 0 Å². The minimum Gasteiger partial charge on any atom is -0.496 e. The third-order valence-corrected chi connectivity index (χ3v) is 2.67. The van der Waals surface area contributed by atoms with Gasteiger partial charge in [-0.15, -0.1) is 0 Å². The summed E-state index contributed by atoms with van der Waals surface area (Å²) in [6.07, 6.45) is 6.37. The molecule has 0 saturated heterocycles. The molecule has 3 nitrogen and oxygen atoms in total. The zero-order valence-corrected chi connectivity index (χ0v) is 11.5. The second-order valence-corrected chi connectivity index (χ2v) is 4.02. The molecule has 0 unspecified atom stereocenters. The van der Waals surface area contributed by atoms with Crippen molar-refractivity contribution in [3.8, 4) is 11.5 Å². The van der Waals surface area contributed by atoms with Crippen LogP contribution >= 0.6 is 0 Å². The van der Waals surface area contributed by atoms with E-state index < -0.39 is 0 Å². The standard InChI is InChI=1S/C15H23NO2/c1-4-11-16-12-6-5-8-13-14(17-2)9-7-10-15(13)18-3/h5,7-10,16H,4,6,11-12H2,1-3H3/b8-5+. The van der Waals surface area contributed by atoms with Crippen LogP contribution in [0.2, 0.25) is 0 Å². The first-order valence-electron chi connectivity index (χ1n) is 6.41. The normalized spacial score (nSPS) is 10.8. The van der Waals surface area contributed by atoms with Crippen molar-refractivity contribution in [1.29, 1.82) is 0 Å². The molecule has 1 aromatic rings. The zero-order valence-electron chi connectivity index (χ0n) is 11.5. The molecule has 0 amide bonds. The summed E-state index contributed by atoms with van der Waals surface area (Å²) >= 11 is 0. The van der Waals surface area contributed by atoms with E-state index >= 15 is 0 Å². The summed E-state index contributed by atoms with van der Waals surface area (Å²) < 4.78 is 10.7. The number of nitrogens with one attached hydrogen (secondary N) is 1. The van der Waals surface area contributed by atoms with E-state index in [4.69, 9.17) is 9.47 Å². The highest BCUT2D eigenvalue weighted by Gasteiger charge is 2.05. The number of methoxy groups -OCH3 is 2. The molecule has 0 aliphatic heterocycles. The maximum atomic E-state index is 5.34. The molecule has 0 atom stereocenters. The number of rotatable bonds is 8. The lowest BCUT2D eigenvalue weighted by Crippen LogP contribution is -2.14. The van der Waals surface area contributed by atoms with E-state index in [2.05, 4.69) is 24.4 Å². The van der Waals surface area contributed by atoms with Crippen molar-refractivity contribution in [1.82, 2.24) is 5.32 Å². The maximum Gasteiger partial charge on any atom is 0.129 e. The lowest BCUT2D eigenvalue weighted by molar-refractivity contribution is 0.392. The molecule has 3 heteroatoms. The first kappa shape index (κ1) is 14.6. The van der Waals surface area contributed by atoms with Crippen LogP contribution < -0.4 is 14.8 Å². The van der Waals surface area contributed by atoms with Crippen LogP contribution in [-0.2, 0) is 0 Å². The smallest absolute Gasteiger partial charge is 0.129 e. The Morgan fingerprint density at radius 3 is 2.33 bits per heavy atom. The van der Waals surface area contributed by atoms with Crippen LogP contribution in [-0.4, -0.2) is 27.3 Å². The Kier molecular flexibility index (Phi) is 6.96. The van der Waals surface area contributed by atoms with Crippen molar-refractivity contribution < 1.29 is 9.47 Å². The molecule has 1 aromatic carbocycles. The fourth-order valence-corrected chi connectivity index (χ4v) is 1.73. The van der Waals surface area contributed by atoms with Crippen molar-refractivity contribution in [2.75, 3.05) is 27.3 Å². The number of hydrogen-bond acceptors (Lipinski definition) is 3. The summed E-state index contributed by atoms with van der Waals surface area (Å²) in [4.78, 5) is 0. The average Bonchev–Trinajstić information content (AvgIpc) is 2.42. The molecular formula is C15H23NO2. The van der Waals surface area contributed by atoms with E-state index in [1.54, 1.807) is 14.2 Å². The summed E-state index contributed by atoms with van der Waals surface area (Å²) in [6, 6.07) is 5.81. The van der Waals surface area contributed by atoms with Gasteiger partial charge in [-0.05, 0) is 38.1 Å². The second kappa shape index (κ2) is 8.59. The molecule has 0 aliphatic rings. The van der Waals surface area contributed by atoms with Gasteiger partial charge in [-0.25, -0.2) is 0 Å². The van der Waals surface area contributed by atoms with Crippen LogP contribution in [0.15, 0.2) is 24.3 Å². The van der Waals surface area contributed by atoms with Gasteiger partial charge < -0.3 is 14.8 Å². The first-order valence-corrected chi connectivity index (χ1v) is 6.41. The van der Waals surface area contributed by atoms with Gasteiger partial charge in [0.1, 0.15) is 11.5 Å². The molecular weight excluding hydrogens is 226 g/mol. The van der Waals surface area contributed by atoms with Crippen molar-refractivity contribution in [3.05, 3.63) is 29.8 Å². The van der Waals surface area contributed by atoms with Crippen LogP contribution in [0, 0.1) is 0 Å². The van der Waals surface area contributed by atoms with E-state index in [1.165, 1.54) is 6.42 Å². The van der Waals surface area contributed by atoms with Gasteiger partial charge in [0.25, 0.3) is 0 Å². The third-order valence-electron chi connectivity index (χ3n) is 2.67. The van der Waals surface area contributed by atoms with Crippen LogP contribution in [0.3, 0.4) is 0 Å². The van der Waals surface area contributed by atoms with Gasteiger partial charge in [-0.2, -0.15) is 0 Å². The quantitative estimate of drug-likeness (QED) is 0.718. The van der Waals surface area contributed by atoms with Gasteiger partial charge in [-0.1, -0.05) is 25.1 Å². The van der Waals surface area contributed by atoms with E-state index in [9.17, 15) is 0 Å². The fourth-order valence-electron chi connectivity index (χ4n) is 1.73. The lowest BCUT2D eigenvalue weighted by atomic mass is 10.1. The van der Waals surface area contributed by atoms with Crippen molar-refractivity contribution in [2.24, 2.45) is 0 Å². The molecule has 0 saturated carbocycles. The first-order chi connectivity index (χ1) is 8.83. The highest BCUT2D eigenvalue weighted by molar-refractivity contribution is 5.64. The van der Waals surface area contributed by atoms with Crippen LogP contribution in [0.5, 0.6) is 11.5 Å². The molecule has 18 heavy (non-hydrogen) atoms. The number of benzene rings is 1.